The van der Waals surface area contributed by atoms with E-state index in [1.54, 1.807) is 0 Å². The number of fused-ring (bicyclic) bond motifs is 1. The van der Waals surface area contributed by atoms with Crippen LogP contribution in [0.4, 0.5) is 0 Å². The van der Waals surface area contributed by atoms with Crippen LogP contribution in [0.25, 0.3) is 0 Å². The minimum atomic E-state index is -0.997. The molecule has 0 heterocycles. The molecule has 3 atom stereocenters. The van der Waals surface area contributed by atoms with Crippen molar-refractivity contribution in [3.63, 3.8) is 0 Å². The summed E-state index contributed by atoms with van der Waals surface area (Å²) < 4.78 is 13.1. The summed E-state index contributed by atoms with van der Waals surface area (Å²) in [4.78, 5) is 0.971. The Morgan fingerprint density at radius 1 is 1.14 bits per heavy atom. The molecular formula is C18H21NOS. The molecule has 3 unspecified atom stereocenters. The van der Waals surface area contributed by atoms with Crippen molar-refractivity contribution in [2.24, 2.45) is 0 Å². The van der Waals surface area contributed by atoms with Gasteiger partial charge in [0.05, 0.1) is 16.0 Å². The van der Waals surface area contributed by atoms with E-state index in [1.165, 1.54) is 16.7 Å². The summed E-state index contributed by atoms with van der Waals surface area (Å²) in [5, 5.41) is 3.46. The van der Waals surface area contributed by atoms with Crippen molar-refractivity contribution in [2.75, 3.05) is 7.05 Å². The molecule has 0 saturated carbocycles. The Morgan fingerprint density at radius 3 is 2.62 bits per heavy atom. The molecule has 1 aliphatic rings. The molecule has 0 saturated heterocycles. The largest absolute Gasteiger partial charge is 0.312 e. The van der Waals surface area contributed by atoms with Crippen LogP contribution in [0.1, 0.15) is 28.3 Å². The summed E-state index contributed by atoms with van der Waals surface area (Å²) in [6.45, 7) is 4.12. The zero-order valence-corrected chi connectivity index (χ0v) is 13.5. The van der Waals surface area contributed by atoms with Crippen molar-refractivity contribution < 1.29 is 4.21 Å². The topological polar surface area (TPSA) is 29.1 Å². The average Bonchev–Trinajstić information content (AvgIpc) is 2.85. The first-order valence-corrected chi connectivity index (χ1v) is 8.56. The van der Waals surface area contributed by atoms with Crippen LogP contribution in [-0.2, 0) is 17.2 Å². The summed E-state index contributed by atoms with van der Waals surface area (Å²) >= 11 is 0. The highest BCUT2D eigenvalue weighted by Gasteiger charge is 2.36. The second kappa shape index (κ2) is 5.74. The summed E-state index contributed by atoms with van der Waals surface area (Å²) in [5.74, 6) is 0. The van der Waals surface area contributed by atoms with Gasteiger partial charge in [0.1, 0.15) is 0 Å². The minimum Gasteiger partial charge on any atom is -0.312 e. The van der Waals surface area contributed by atoms with Crippen molar-refractivity contribution in [1.29, 1.82) is 0 Å². The molecule has 2 aromatic carbocycles. The van der Waals surface area contributed by atoms with Crippen molar-refractivity contribution in [1.82, 2.24) is 5.32 Å². The van der Waals surface area contributed by atoms with Crippen LogP contribution >= 0.6 is 0 Å². The molecule has 0 spiro atoms. The quantitative estimate of drug-likeness (QED) is 0.942. The lowest BCUT2D eigenvalue weighted by molar-refractivity contribution is 0.580. The number of nitrogens with one attached hydrogen (secondary N) is 1. The van der Waals surface area contributed by atoms with E-state index in [9.17, 15) is 4.21 Å². The van der Waals surface area contributed by atoms with Crippen LogP contribution in [-0.4, -0.2) is 16.5 Å². The van der Waals surface area contributed by atoms with E-state index in [-0.39, 0.29) is 11.3 Å². The van der Waals surface area contributed by atoms with Crippen LogP contribution in [0.3, 0.4) is 0 Å². The maximum Gasteiger partial charge on any atom is 0.0630 e. The van der Waals surface area contributed by atoms with Crippen LogP contribution in [0, 0.1) is 13.8 Å². The molecule has 1 aliphatic carbocycles. The maximum atomic E-state index is 13.1. The number of hydrogen-bond donors (Lipinski definition) is 1. The van der Waals surface area contributed by atoms with E-state index in [1.807, 2.05) is 13.1 Å². The second-order valence-corrected chi connectivity index (χ2v) is 7.41. The molecule has 2 aromatic rings. The van der Waals surface area contributed by atoms with Gasteiger partial charge in [0.2, 0.25) is 0 Å². The first kappa shape index (κ1) is 14.5. The molecule has 0 fully saturated rings. The molecule has 0 radical (unpaired) electrons. The number of aryl methyl sites for hydroxylation is 2. The summed E-state index contributed by atoms with van der Waals surface area (Å²) in [6.07, 6.45) is 0.877. The minimum absolute atomic E-state index is 0.105. The van der Waals surface area contributed by atoms with Gasteiger partial charge >= 0.3 is 0 Å². The zero-order chi connectivity index (χ0) is 15.0. The SMILES string of the molecule is CNC1c2ccccc2CC1S(=O)c1ccc(C)cc1C. The Kier molecular flexibility index (Phi) is 3.96. The summed E-state index contributed by atoms with van der Waals surface area (Å²) in [6, 6.07) is 14.8. The highest BCUT2D eigenvalue weighted by molar-refractivity contribution is 7.85. The fourth-order valence-electron chi connectivity index (χ4n) is 3.29. The van der Waals surface area contributed by atoms with Crippen molar-refractivity contribution in [2.45, 2.75) is 36.5 Å². The first-order chi connectivity index (χ1) is 10.1. The number of hydrogen-bond acceptors (Lipinski definition) is 2. The first-order valence-electron chi connectivity index (χ1n) is 7.34. The normalized spacial score (nSPS) is 22.0. The van der Waals surface area contributed by atoms with Crippen LogP contribution in [0.5, 0.6) is 0 Å². The van der Waals surface area contributed by atoms with E-state index in [4.69, 9.17) is 0 Å². The van der Waals surface area contributed by atoms with E-state index in [0.29, 0.717) is 0 Å². The Bertz CT molecular complexity index is 695. The van der Waals surface area contributed by atoms with Gasteiger partial charge in [0, 0.05) is 10.9 Å². The molecule has 0 aliphatic heterocycles. The Morgan fingerprint density at radius 2 is 1.90 bits per heavy atom. The molecule has 0 amide bonds. The lowest BCUT2D eigenvalue weighted by Crippen LogP contribution is -2.29. The van der Waals surface area contributed by atoms with E-state index in [0.717, 1.165) is 16.9 Å². The Labute approximate surface area is 129 Å². The maximum absolute atomic E-state index is 13.1. The van der Waals surface area contributed by atoms with Gasteiger partial charge in [-0.3, -0.25) is 4.21 Å². The molecule has 21 heavy (non-hydrogen) atoms. The molecule has 0 aromatic heterocycles. The van der Waals surface area contributed by atoms with Crippen LogP contribution in [0.15, 0.2) is 47.4 Å². The van der Waals surface area contributed by atoms with E-state index < -0.39 is 10.8 Å². The number of rotatable bonds is 3. The molecule has 3 heteroatoms. The smallest absolute Gasteiger partial charge is 0.0630 e. The van der Waals surface area contributed by atoms with Crippen molar-refractivity contribution in [3.8, 4) is 0 Å². The lowest BCUT2D eigenvalue weighted by Gasteiger charge is -2.20. The third-order valence-electron chi connectivity index (χ3n) is 4.32. The Hall–Kier alpha value is -1.45. The van der Waals surface area contributed by atoms with Crippen LogP contribution < -0.4 is 5.32 Å². The van der Waals surface area contributed by atoms with Crippen molar-refractivity contribution >= 4 is 10.8 Å². The van der Waals surface area contributed by atoms with Crippen molar-refractivity contribution in [3.05, 3.63) is 64.7 Å². The van der Waals surface area contributed by atoms with Gasteiger partial charge in [-0.25, -0.2) is 0 Å². The van der Waals surface area contributed by atoms with Gasteiger partial charge in [0.15, 0.2) is 0 Å². The van der Waals surface area contributed by atoms with E-state index in [2.05, 4.69) is 55.6 Å². The van der Waals surface area contributed by atoms with Gasteiger partial charge in [-0.15, -0.1) is 0 Å². The fourth-order valence-corrected chi connectivity index (χ4v) is 5.05. The third kappa shape index (κ3) is 2.56. The zero-order valence-electron chi connectivity index (χ0n) is 12.7. The van der Waals surface area contributed by atoms with Gasteiger partial charge in [-0.1, -0.05) is 42.0 Å². The molecule has 0 bridgehead atoms. The molecule has 1 N–H and O–H groups in total. The molecular weight excluding hydrogens is 278 g/mol. The highest BCUT2D eigenvalue weighted by atomic mass is 32.2. The van der Waals surface area contributed by atoms with Gasteiger partial charge in [0.25, 0.3) is 0 Å². The monoisotopic (exact) mass is 299 g/mol. The number of benzene rings is 2. The molecule has 2 nitrogen and oxygen atoms in total. The predicted octanol–water partition coefficient (Wildman–Crippen LogP) is 3.30. The van der Waals surface area contributed by atoms with Crippen LogP contribution in [0.2, 0.25) is 0 Å². The van der Waals surface area contributed by atoms with Gasteiger partial charge < -0.3 is 5.32 Å². The fraction of sp³-hybridized carbons (Fsp3) is 0.333. The molecule has 3 rings (SSSR count). The Balaban J connectivity index is 1.96. The predicted molar refractivity (Wildman–Crippen MR) is 88.1 cm³/mol. The average molecular weight is 299 g/mol. The third-order valence-corrected chi connectivity index (χ3v) is 6.20. The highest BCUT2D eigenvalue weighted by Crippen LogP contribution is 2.36. The molecule has 110 valence electrons. The van der Waals surface area contributed by atoms with Gasteiger partial charge in [-0.2, -0.15) is 0 Å². The summed E-state index contributed by atoms with van der Waals surface area (Å²) in [7, 11) is 0.960. The lowest BCUT2D eigenvalue weighted by atomic mass is 10.1. The van der Waals surface area contributed by atoms with E-state index >= 15 is 0 Å². The van der Waals surface area contributed by atoms with Gasteiger partial charge in [-0.05, 0) is 50.1 Å². The standard InChI is InChI=1S/C18H21NOS/c1-12-8-9-16(13(2)10-12)21(20)17-11-14-6-4-5-7-15(14)18(17)19-3/h4-10,17-19H,11H2,1-3H3. The second-order valence-electron chi connectivity index (χ2n) is 5.77. The summed E-state index contributed by atoms with van der Waals surface area (Å²) in [5.41, 5.74) is 4.95.